The minimum Gasteiger partial charge on any atom is -0.301 e. The molecule has 2 aromatic rings. The Balaban J connectivity index is 0.00000106. The van der Waals surface area contributed by atoms with Crippen LogP contribution in [0.1, 0.15) is 33.4 Å². The number of nitrogens with zero attached hydrogens (tertiary/aromatic N) is 4. The van der Waals surface area contributed by atoms with Crippen molar-refractivity contribution in [3.63, 3.8) is 0 Å². The van der Waals surface area contributed by atoms with E-state index in [0.717, 1.165) is 36.7 Å². The highest BCUT2D eigenvalue weighted by atomic mass is 35.5. The molecule has 0 fully saturated rings. The monoisotopic (exact) mass is 308 g/mol. The van der Waals surface area contributed by atoms with Crippen LogP contribution >= 0.6 is 11.6 Å². The SMILES string of the molecule is CC.CCN(C)Cc1c(Cl)c(-c2ccccn2)nn1CC. The lowest BCUT2D eigenvalue weighted by atomic mass is 10.2. The quantitative estimate of drug-likeness (QED) is 0.834. The van der Waals surface area contributed by atoms with Crippen LogP contribution in [0, 0.1) is 0 Å². The second-order valence-electron chi connectivity index (χ2n) is 4.47. The van der Waals surface area contributed by atoms with E-state index in [1.807, 2.05) is 36.7 Å². The van der Waals surface area contributed by atoms with Gasteiger partial charge in [0, 0.05) is 19.3 Å². The topological polar surface area (TPSA) is 34.0 Å². The maximum atomic E-state index is 6.49. The first-order chi connectivity index (χ1) is 10.2. The van der Waals surface area contributed by atoms with Crippen LogP contribution in [0.5, 0.6) is 0 Å². The van der Waals surface area contributed by atoms with Gasteiger partial charge in [0.05, 0.1) is 16.4 Å². The number of rotatable bonds is 5. The molecule has 2 rings (SSSR count). The molecule has 0 bridgehead atoms. The first-order valence-corrected chi connectivity index (χ1v) is 7.90. The number of pyridine rings is 1. The van der Waals surface area contributed by atoms with Gasteiger partial charge in [-0.2, -0.15) is 5.10 Å². The normalized spacial score (nSPS) is 10.4. The van der Waals surface area contributed by atoms with Crippen molar-refractivity contribution < 1.29 is 0 Å². The Kier molecular flexibility index (Phi) is 7.40. The van der Waals surface area contributed by atoms with Gasteiger partial charge in [0.2, 0.25) is 0 Å². The molecule has 2 aromatic heterocycles. The van der Waals surface area contributed by atoms with Gasteiger partial charge >= 0.3 is 0 Å². The molecule has 0 spiro atoms. The van der Waals surface area contributed by atoms with Gasteiger partial charge in [0.25, 0.3) is 0 Å². The summed E-state index contributed by atoms with van der Waals surface area (Å²) in [6.07, 6.45) is 1.76. The molecule has 0 atom stereocenters. The van der Waals surface area contributed by atoms with Crippen LogP contribution in [0.15, 0.2) is 24.4 Å². The van der Waals surface area contributed by atoms with Crippen LogP contribution in [-0.4, -0.2) is 33.3 Å². The molecule has 0 radical (unpaired) electrons. The van der Waals surface area contributed by atoms with Crippen LogP contribution in [0.2, 0.25) is 5.02 Å². The third kappa shape index (κ3) is 4.29. The van der Waals surface area contributed by atoms with Crippen molar-refractivity contribution in [3.8, 4) is 11.4 Å². The number of hydrogen-bond donors (Lipinski definition) is 0. The Bertz CT molecular complexity index is 537. The molecule has 0 N–H and O–H groups in total. The van der Waals surface area contributed by atoms with Crippen molar-refractivity contribution in [1.29, 1.82) is 0 Å². The summed E-state index contributed by atoms with van der Waals surface area (Å²) < 4.78 is 1.96. The highest BCUT2D eigenvalue weighted by Gasteiger charge is 2.18. The van der Waals surface area contributed by atoms with Gasteiger partial charge < -0.3 is 4.90 Å². The predicted molar refractivity (Wildman–Crippen MR) is 89.5 cm³/mol. The van der Waals surface area contributed by atoms with Crippen LogP contribution in [0.25, 0.3) is 11.4 Å². The van der Waals surface area contributed by atoms with Gasteiger partial charge in [0.15, 0.2) is 0 Å². The van der Waals surface area contributed by atoms with E-state index in [2.05, 4.69) is 35.9 Å². The zero-order valence-electron chi connectivity index (χ0n) is 13.6. The molecule has 0 unspecified atom stereocenters. The van der Waals surface area contributed by atoms with Crippen molar-refractivity contribution in [1.82, 2.24) is 19.7 Å². The molecule has 0 saturated heterocycles. The van der Waals surface area contributed by atoms with E-state index in [4.69, 9.17) is 11.6 Å². The molecule has 116 valence electrons. The maximum absolute atomic E-state index is 6.49. The Morgan fingerprint density at radius 1 is 1.24 bits per heavy atom. The molecule has 0 aliphatic heterocycles. The zero-order valence-corrected chi connectivity index (χ0v) is 14.4. The average molecular weight is 309 g/mol. The summed E-state index contributed by atoms with van der Waals surface area (Å²) in [6.45, 7) is 10.8. The predicted octanol–water partition coefficient (Wildman–Crippen LogP) is 4.10. The smallest absolute Gasteiger partial charge is 0.130 e. The fourth-order valence-electron chi connectivity index (χ4n) is 1.92. The van der Waals surface area contributed by atoms with Crippen molar-refractivity contribution in [3.05, 3.63) is 35.1 Å². The Morgan fingerprint density at radius 3 is 2.48 bits per heavy atom. The Morgan fingerprint density at radius 2 is 1.95 bits per heavy atom. The Labute approximate surface area is 132 Å². The van der Waals surface area contributed by atoms with Gasteiger partial charge in [-0.25, -0.2) is 0 Å². The number of halogens is 1. The van der Waals surface area contributed by atoms with Gasteiger partial charge in [-0.3, -0.25) is 9.67 Å². The standard InChI is InChI=1S/C14H19ClN4.C2H6/c1-4-18(3)10-12-13(15)14(17-19(12)5-2)11-8-6-7-9-16-11;1-2/h6-9H,4-5,10H2,1-3H3;1-2H3. The summed E-state index contributed by atoms with van der Waals surface area (Å²) in [5, 5.41) is 5.29. The lowest BCUT2D eigenvalue weighted by molar-refractivity contribution is 0.332. The molecular weight excluding hydrogens is 284 g/mol. The number of hydrogen-bond acceptors (Lipinski definition) is 3. The molecular formula is C16H25ClN4. The summed E-state index contributed by atoms with van der Waals surface area (Å²) in [7, 11) is 2.07. The van der Waals surface area contributed by atoms with E-state index >= 15 is 0 Å². The fourth-order valence-corrected chi connectivity index (χ4v) is 2.21. The molecule has 5 heteroatoms. The van der Waals surface area contributed by atoms with Crippen LogP contribution in [0.3, 0.4) is 0 Å². The van der Waals surface area contributed by atoms with Crippen molar-refractivity contribution in [2.24, 2.45) is 0 Å². The lowest BCUT2D eigenvalue weighted by Gasteiger charge is -2.14. The van der Waals surface area contributed by atoms with Crippen LogP contribution in [0.4, 0.5) is 0 Å². The van der Waals surface area contributed by atoms with E-state index in [0.29, 0.717) is 5.02 Å². The minimum absolute atomic E-state index is 0.709. The van der Waals surface area contributed by atoms with Crippen molar-refractivity contribution in [2.45, 2.75) is 40.8 Å². The highest BCUT2D eigenvalue weighted by molar-refractivity contribution is 6.33. The van der Waals surface area contributed by atoms with Gasteiger partial charge in [0.1, 0.15) is 5.69 Å². The molecule has 0 aromatic carbocycles. The summed E-state index contributed by atoms with van der Waals surface area (Å²) in [5.41, 5.74) is 2.64. The lowest BCUT2D eigenvalue weighted by Crippen LogP contribution is -2.19. The molecule has 0 saturated carbocycles. The molecule has 0 amide bonds. The van der Waals surface area contributed by atoms with E-state index in [-0.39, 0.29) is 0 Å². The van der Waals surface area contributed by atoms with E-state index < -0.39 is 0 Å². The van der Waals surface area contributed by atoms with E-state index in [1.165, 1.54) is 0 Å². The summed E-state index contributed by atoms with van der Waals surface area (Å²) in [4.78, 5) is 6.53. The number of aryl methyl sites for hydroxylation is 1. The molecule has 21 heavy (non-hydrogen) atoms. The second-order valence-corrected chi connectivity index (χ2v) is 4.85. The third-order valence-corrected chi connectivity index (χ3v) is 3.56. The largest absolute Gasteiger partial charge is 0.301 e. The summed E-state index contributed by atoms with van der Waals surface area (Å²) in [6, 6.07) is 5.77. The molecule has 2 heterocycles. The van der Waals surface area contributed by atoms with E-state index in [9.17, 15) is 0 Å². The highest BCUT2D eigenvalue weighted by Crippen LogP contribution is 2.29. The number of aromatic nitrogens is 3. The molecule has 4 nitrogen and oxygen atoms in total. The fraction of sp³-hybridized carbons (Fsp3) is 0.500. The van der Waals surface area contributed by atoms with Crippen LogP contribution in [-0.2, 0) is 13.1 Å². The van der Waals surface area contributed by atoms with E-state index in [1.54, 1.807) is 6.20 Å². The van der Waals surface area contributed by atoms with Crippen LogP contribution < -0.4 is 0 Å². The summed E-state index contributed by atoms with van der Waals surface area (Å²) >= 11 is 6.49. The van der Waals surface area contributed by atoms with Crippen molar-refractivity contribution in [2.75, 3.05) is 13.6 Å². The first-order valence-electron chi connectivity index (χ1n) is 7.52. The molecule has 0 aliphatic carbocycles. The Hall–Kier alpha value is -1.39. The van der Waals surface area contributed by atoms with Crippen molar-refractivity contribution >= 4 is 11.6 Å². The first kappa shape index (κ1) is 17.7. The average Bonchev–Trinajstić information content (AvgIpc) is 2.86. The second kappa shape index (κ2) is 8.80. The summed E-state index contributed by atoms with van der Waals surface area (Å²) in [5.74, 6) is 0. The zero-order chi connectivity index (χ0) is 15.8. The van der Waals surface area contributed by atoms with Gasteiger partial charge in [-0.1, -0.05) is 38.4 Å². The van der Waals surface area contributed by atoms with Gasteiger partial charge in [-0.05, 0) is 32.6 Å². The molecule has 0 aliphatic rings. The third-order valence-electron chi connectivity index (χ3n) is 3.16. The van der Waals surface area contributed by atoms with Gasteiger partial charge in [-0.15, -0.1) is 0 Å². The maximum Gasteiger partial charge on any atom is 0.130 e. The minimum atomic E-state index is 0.709.